The number of amides is 2. The molecule has 0 saturated carbocycles. The molecule has 180 valence electrons. The normalized spacial score (nSPS) is 15.8. The molecule has 0 bridgehead atoms. The summed E-state index contributed by atoms with van der Waals surface area (Å²) in [5.41, 5.74) is 0.0434. The monoisotopic (exact) mass is 498 g/mol. The van der Waals surface area contributed by atoms with Crippen molar-refractivity contribution in [1.29, 1.82) is 0 Å². The highest BCUT2D eigenvalue weighted by Crippen LogP contribution is 2.27. The second-order valence-corrected chi connectivity index (χ2v) is 7.24. The molecule has 1 aliphatic rings. The van der Waals surface area contributed by atoms with Crippen LogP contribution in [-0.2, 0) is 9.53 Å². The minimum absolute atomic E-state index is 0.0196. The van der Waals surface area contributed by atoms with Gasteiger partial charge in [-0.2, -0.15) is 0 Å². The van der Waals surface area contributed by atoms with Crippen molar-refractivity contribution >= 4 is 23.6 Å². The molecule has 1 aromatic carbocycles. The fraction of sp³-hybridized carbons (Fsp3) is 0.333. The summed E-state index contributed by atoms with van der Waals surface area (Å²) in [7, 11) is 0. The van der Waals surface area contributed by atoms with Gasteiger partial charge >= 0.3 is 11.8 Å². The van der Waals surface area contributed by atoms with Crippen LogP contribution in [0.3, 0.4) is 0 Å². The van der Waals surface area contributed by atoms with Gasteiger partial charge in [-0.3, -0.25) is 14.2 Å². The Kier molecular flexibility index (Phi) is 6.74. The van der Waals surface area contributed by atoms with E-state index in [1.165, 1.54) is 12.1 Å². The molecule has 16 heteroatoms. The molecule has 1 unspecified atom stereocenters. The number of hydrogen-bond donors (Lipinski definition) is 2. The predicted octanol–water partition coefficient (Wildman–Crippen LogP) is 0.542. The van der Waals surface area contributed by atoms with Crippen molar-refractivity contribution in [3.63, 3.8) is 0 Å². The summed E-state index contributed by atoms with van der Waals surface area (Å²) in [6, 6.07) is 2.55. The minimum atomic E-state index is -1.22. The van der Waals surface area contributed by atoms with E-state index in [-0.39, 0.29) is 61.0 Å². The lowest BCUT2D eigenvalue weighted by Crippen LogP contribution is -2.55. The number of ether oxygens (including phenoxy) is 2. The predicted molar refractivity (Wildman–Crippen MR) is 108 cm³/mol. The Labute approximate surface area is 193 Å². The first kappa shape index (κ1) is 23.2. The van der Waals surface area contributed by atoms with Crippen LogP contribution in [0.15, 0.2) is 32.1 Å². The summed E-state index contributed by atoms with van der Waals surface area (Å²) in [6.45, 7) is 0.0920. The Bertz CT molecular complexity index is 1260. The van der Waals surface area contributed by atoms with Gasteiger partial charge in [0, 0.05) is 6.54 Å². The average Bonchev–Trinajstić information content (AvgIpc) is 3.44. The summed E-state index contributed by atoms with van der Waals surface area (Å²) < 4.78 is 34.5. The molecular formula is C18H16ClFN6O8. The molecule has 3 aromatic rings. The minimum Gasteiger partial charge on any atom is -0.472 e. The molecule has 1 saturated heterocycles. The van der Waals surface area contributed by atoms with E-state index in [4.69, 9.17) is 21.1 Å². The quantitative estimate of drug-likeness (QED) is 0.435. The summed E-state index contributed by atoms with van der Waals surface area (Å²) in [6.07, 6.45) is -1.22. The molecule has 0 spiro atoms. The van der Waals surface area contributed by atoms with Crippen molar-refractivity contribution in [3.05, 3.63) is 39.6 Å². The molecule has 2 N–H and O–H groups in total. The van der Waals surface area contributed by atoms with E-state index in [0.717, 1.165) is 15.5 Å². The second kappa shape index (κ2) is 9.88. The molecule has 1 atom stereocenters. The van der Waals surface area contributed by atoms with Gasteiger partial charge in [0.05, 0.1) is 30.5 Å². The number of aromatic nitrogens is 4. The smallest absolute Gasteiger partial charge is 0.446 e. The van der Waals surface area contributed by atoms with Crippen LogP contribution in [0.5, 0.6) is 5.88 Å². The topological polar surface area (TPSA) is 175 Å². The van der Waals surface area contributed by atoms with Crippen molar-refractivity contribution in [2.75, 3.05) is 32.9 Å². The number of nitrogens with one attached hydrogen (secondary N) is 1. The van der Waals surface area contributed by atoms with Gasteiger partial charge in [-0.05, 0) is 28.5 Å². The van der Waals surface area contributed by atoms with Gasteiger partial charge in [0.1, 0.15) is 18.5 Å². The maximum atomic E-state index is 13.5. The number of benzene rings is 1. The van der Waals surface area contributed by atoms with Crippen LogP contribution >= 0.6 is 11.6 Å². The Morgan fingerprint density at radius 3 is 2.91 bits per heavy atom. The molecule has 0 aliphatic carbocycles. The van der Waals surface area contributed by atoms with E-state index in [1.54, 1.807) is 0 Å². The zero-order valence-electron chi connectivity index (χ0n) is 17.1. The van der Waals surface area contributed by atoms with Gasteiger partial charge in [0.2, 0.25) is 17.4 Å². The molecule has 1 aliphatic heterocycles. The van der Waals surface area contributed by atoms with Gasteiger partial charge in [0.25, 0.3) is 5.88 Å². The highest BCUT2D eigenvalue weighted by Gasteiger charge is 2.32. The first-order valence-corrected chi connectivity index (χ1v) is 10.1. The Morgan fingerprint density at radius 1 is 1.32 bits per heavy atom. The highest BCUT2D eigenvalue weighted by atomic mass is 35.5. The van der Waals surface area contributed by atoms with Crippen LogP contribution in [0.4, 0.5) is 9.18 Å². The van der Waals surface area contributed by atoms with E-state index in [2.05, 4.69) is 29.9 Å². The third kappa shape index (κ3) is 4.69. The van der Waals surface area contributed by atoms with Crippen molar-refractivity contribution in [2.45, 2.75) is 6.04 Å². The Balaban J connectivity index is 1.43. The van der Waals surface area contributed by atoms with Crippen molar-refractivity contribution in [3.8, 4) is 23.1 Å². The molecule has 3 heterocycles. The van der Waals surface area contributed by atoms with Crippen molar-refractivity contribution < 1.29 is 37.7 Å². The lowest BCUT2D eigenvalue weighted by molar-refractivity contribution is -0.131. The lowest BCUT2D eigenvalue weighted by Gasteiger charge is -2.32. The van der Waals surface area contributed by atoms with E-state index in [0.29, 0.717) is 0 Å². The van der Waals surface area contributed by atoms with Crippen LogP contribution in [0.1, 0.15) is 0 Å². The van der Waals surface area contributed by atoms with E-state index in [9.17, 15) is 23.9 Å². The van der Waals surface area contributed by atoms with Gasteiger partial charge < -0.3 is 19.9 Å². The van der Waals surface area contributed by atoms with Crippen LogP contribution < -0.4 is 15.8 Å². The Morgan fingerprint density at radius 2 is 2.15 bits per heavy atom. The Hall–Kier alpha value is -3.98. The molecule has 0 radical (unpaired) electrons. The summed E-state index contributed by atoms with van der Waals surface area (Å²) in [4.78, 5) is 36.8. The third-order valence-electron chi connectivity index (χ3n) is 4.75. The number of carboxylic acid groups (broad SMARTS) is 1. The zero-order chi connectivity index (χ0) is 24.2. The summed E-state index contributed by atoms with van der Waals surface area (Å²) in [5.74, 6) is -2.46. The number of halogens is 2. The molecular weight excluding hydrogens is 483 g/mol. The standard InChI is InChI=1S/C18H16ClFN6O8/c19-10-7-9(1-2-11(10)20)26-14(23-33-18(26)30)13-16(24-34-22-13)32-5-3-21-15(27)12-8-31-6-4-25(12)17(28)29/h1-2,7,12H,3-6,8H2,(H,21,27)(H,28,29). The van der Waals surface area contributed by atoms with Crippen molar-refractivity contribution in [2.24, 2.45) is 0 Å². The fourth-order valence-electron chi connectivity index (χ4n) is 3.15. The third-order valence-corrected chi connectivity index (χ3v) is 5.04. The largest absolute Gasteiger partial charge is 0.472 e. The van der Waals surface area contributed by atoms with Crippen LogP contribution in [-0.4, -0.2) is 81.0 Å². The van der Waals surface area contributed by atoms with Gasteiger partial charge in [0.15, 0.2) is 0 Å². The van der Waals surface area contributed by atoms with Gasteiger partial charge in [-0.25, -0.2) is 23.2 Å². The molecule has 2 aromatic heterocycles. The fourth-order valence-corrected chi connectivity index (χ4v) is 3.33. The number of nitrogens with zero attached hydrogens (tertiary/aromatic N) is 5. The second-order valence-electron chi connectivity index (χ2n) is 6.83. The number of morpholine rings is 1. The first-order valence-electron chi connectivity index (χ1n) is 9.71. The summed E-state index contributed by atoms with van der Waals surface area (Å²) >= 11 is 5.79. The van der Waals surface area contributed by atoms with Crippen LogP contribution in [0.25, 0.3) is 17.2 Å². The number of rotatable bonds is 7. The maximum absolute atomic E-state index is 13.5. The molecule has 14 nitrogen and oxygen atoms in total. The average molecular weight is 499 g/mol. The SMILES string of the molecule is O=C(NCCOc1nonc1-c1noc(=O)n1-c1ccc(F)c(Cl)c1)C1COCCN1C(=O)O. The lowest BCUT2D eigenvalue weighted by atomic mass is 10.2. The maximum Gasteiger partial charge on any atom is 0.446 e. The van der Waals surface area contributed by atoms with Crippen molar-refractivity contribution in [1.82, 2.24) is 30.3 Å². The molecule has 2 amide bonds. The number of hydrogen-bond acceptors (Lipinski definition) is 10. The highest BCUT2D eigenvalue weighted by molar-refractivity contribution is 6.30. The number of carbonyl (C=O) groups is 2. The summed E-state index contributed by atoms with van der Waals surface area (Å²) in [5, 5.41) is 22.4. The van der Waals surface area contributed by atoms with Gasteiger partial charge in [-0.1, -0.05) is 16.8 Å². The first-order chi connectivity index (χ1) is 16.4. The van der Waals surface area contributed by atoms with E-state index < -0.39 is 29.6 Å². The molecule has 4 rings (SSSR count). The zero-order valence-corrected chi connectivity index (χ0v) is 17.9. The van der Waals surface area contributed by atoms with Crippen LogP contribution in [0, 0.1) is 5.82 Å². The van der Waals surface area contributed by atoms with Gasteiger partial charge in [-0.15, -0.1) is 0 Å². The molecule has 1 fully saturated rings. The van der Waals surface area contributed by atoms with E-state index >= 15 is 0 Å². The van der Waals surface area contributed by atoms with E-state index in [1.807, 2.05) is 0 Å². The number of carbonyl (C=O) groups excluding carboxylic acids is 1. The molecule has 34 heavy (non-hydrogen) atoms. The van der Waals surface area contributed by atoms with Crippen LogP contribution in [0.2, 0.25) is 5.02 Å².